The van der Waals surface area contributed by atoms with E-state index in [0.717, 1.165) is 6.26 Å². The number of para-hydroxylation sites is 2. The molecule has 1 aromatic carbocycles. The van der Waals surface area contributed by atoms with E-state index in [0.29, 0.717) is 17.8 Å². The van der Waals surface area contributed by atoms with Crippen LogP contribution in [0.15, 0.2) is 24.3 Å². The van der Waals surface area contributed by atoms with Gasteiger partial charge in [-0.25, -0.2) is 8.42 Å². The standard InChI is InChI=1S/C12H18N2O3S/c1-9(2)8-12(15)13-10-6-4-5-7-11(10)14-18(3,16)17/h4-7,9,14H,8H2,1-3H3,(H,13,15). The third-order valence-electron chi connectivity index (χ3n) is 2.09. The van der Waals surface area contributed by atoms with Crippen molar-refractivity contribution >= 4 is 27.3 Å². The highest BCUT2D eigenvalue weighted by Gasteiger charge is 2.10. The maximum absolute atomic E-state index is 11.7. The molecule has 0 aliphatic carbocycles. The molecule has 0 aromatic heterocycles. The molecule has 0 unspecified atom stereocenters. The highest BCUT2D eigenvalue weighted by Crippen LogP contribution is 2.22. The van der Waals surface area contributed by atoms with E-state index >= 15 is 0 Å². The van der Waals surface area contributed by atoms with Gasteiger partial charge >= 0.3 is 0 Å². The fraction of sp³-hybridized carbons (Fsp3) is 0.417. The summed E-state index contributed by atoms with van der Waals surface area (Å²) in [6.07, 6.45) is 1.47. The fourth-order valence-electron chi connectivity index (χ4n) is 1.45. The van der Waals surface area contributed by atoms with Crippen molar-refractivity contribution in [2.24, 2.45) is 5.92 Å². The molecule has 0 bridgehead atoms. The Balaban J connectivity index is 2.86. The normalized spacial score (nSPS) is 11.3. The van der Waals surface area contributed by atoms with Gasteiger partial charge in [-0.05, 0) is 18.1 Å². The van der Waals surface area contributed by atoms with E-state index in [9.17, 15) is 13.2 Å². The van der Waals surface area contributed by atoms with Crippen molar-refractivity contribution in [3.63, 3.8) is 0 Å². The molecule has 0 heterocycles. The summed E-state index contributed by atoms with van der Waals surface area (Å²) in [6.45, 7) is 3.89. The Bertz CT molecular complexity index is 524. The third-order valence-corrected chi connectivity index (χ3v) is 2.68. The Morgan fingerprint density at radius 1 is 1.22 bits per heavy atom. The van der Waals surface area contributed by atoms with Crippen molar-refractivity contribution in [2.45, 2.75) is 20.3 Å². The molecule has 1 rings (SSSR count). The Morgan fingerprint density at radius 3 is 2.28 bits per heavy atom. The molecular formula is C12H18N2O3S. The monoisotopic (exact) mass is 270 g/mol. The number of carbonyl (C=O) groups is 1. The number of amides is 1. The maximum Gasteiger partial charge on any atom is 0.229 e. The van der Waals surface area contributed by atoms with Crippen molar-refractivity contribution in [3.8, 4) is 0 Å². The second-order valence-electron chi connectivity index (χ2n) is 4.57. The summed E-state index contributed by atoms with van der Waals surface area (Å²) >= 11 is 0. The molecule has 2 N–H and O–H groups in total. The number of hydrogen-bond acceptors (Lipinski definition) is 3. The number of carbonyl (C=O) groups excluding carboxylic acids is 1. The predicted molar refractivity (Wildman–Crippen MR) is 73.0 cm³/mol. The van der Waals surface area contributed by atoms with Gasteiger partial charge in [-0.2, -0.15) is 0 Å². The molecule has 0 atom stereocenters. The first-order chi connectivity index (χ1) is 8.28. The number of nitrogens with one attached hydrogen (secondary N) is 2. The highest BCUT2D eigenvalue weighted by atomic mass is 32.2. The van der Waals surface area contributed by atoms with Crippen LogP contribution in [0.2, 0.25) is 0 Å². The van der Waals surface area contributed by atoms with Crippen LogP contribution in [-0.4, -0.2) is 20.6 Å². The van der Waals surface area contributed by atoms with Crippen LogP contribution < -0.4 is 10.0 Å². The minimum Gasteiger partial charge on any atom is -0.324 e. The summed E-state index contributed by atoms with van der Waals surface area (Å²) in [5.41, 5.74) is 0.839. The van der Waals surface area contributed by atoms with Gasteiger partial charge in [0.25, 0.3) is 0 Å². The number of hydrogen-bond donors (Lipinski definition) is 2. The average molecular weight is 270 g/mol. The van der Waals surface area contributed by atoms with E-state index < -0.39 is 10.0 Å². The smallest absolute Gasteiger partial charge is 0.229 e. The fourth-order valence-corrected chi connectivity index (χ4v) is 2.03. The summed E-state index contributed by atoms with van der Waals surface area (Å²) in [5.74, 6) is 0.118. The lowest BCUT2D eigenvalue weighted by atomic mass is 10.1. The predicted octanol–water partition coefficient (Wildman–Crippen LogP) is 2.04. The summed E-state index contributed by atoms with van der Waals surface area (Å²) in [5, 5.41) is 2.70. The minimum atomic E-state index is -3.36. The first-order valence-corrected chi connectivity index (χ1v) is 7.54. The number of anilines is 2. The van der Waals surface area contributed by atoms with Gasteiger partial charge in [-0.1, -0.05) is 26.0 Å². The van der Waals surface area contributed by atoms with Crippen molar-refractivity contribution in [2.75, 3.05) is 16.3 Å². The van der Waals surface area contributed by atoms with Crippen LogP contribution in [0.25, 0.3) is 0 Å². The van der Waals surface area contributed by atoms with E-state index in [1.165, 1.54) is 0 Å². The molecule has 0 saturated heterocycles. The van der Waals surface area contributed by atoms with Crippen LogP contribution in [0.3, 0.4) is 0 Å². The van der Waals surface area contributed by atoms with Crippen LogP contribution in [-0.2, 0) is 14.8 Å². The van der Waals surface area contributed by atoms with Crippen LogP contribution in [0.5, 0.6) is 0 Å². The van der Waals surface area contributed by atoms with Gasteiger partial charge in [0.1, 0.15) is 0 Å². The summed E-state index contributed by atoms with van der Waals surface area (Å²) in [4.78, 5) is 11.7. The van der Waals surface area contributed by atoms with E-state index in [1.807, 2.05) is 13.8 Å². The topological polar surface area (TPSA) is 75.3 Å². The van der Waals surface area contributed by atoms with E-state index in [2.05, 4.69) is 10.0 Å². The second-order valence-corrected chi connectivity index (χ2v) is 6.31. The van der Waals surface area contributed by atoms with Crippen LogP contribution in [0, 0.1) is 5.92 Å². The molecule has 5 nitrogen and oxygen atoms in total. The largest absolute Gasteiger partial charge is 0.324 e. The summed E-state index contributed by atoms with van der Waals surface area (Å²) < 4.78 is 24.8. The molecule has 18 heavy (non-hydrogen) atoms. The van der Waals surface area contributed by atoms with Gasteiger partial charge in [0, 0.05) is 6.42 Å². The van der Waals surface area contributed by atoms with Crippen molar-refractivity contribution < 1.29 is 13.2 Å². The zero-order valence-electron chi connectivity index (χ0n) is 10.7. The number of rotatable bonds is 5. The zero-order chi connectivity index (χ0) is 13.8. The second kappa shape index (κ2) is 5.86. The molecule has 6 heteroatoms. The van der Waals surface area contributed by atoms with Crippen molar-refractivity contribution in [3.05, 3.63) is 24.3 Å². The van der Waals surface area contributed by atoms with Crippen LogP contribution in [0.4, 0.5) is 11.4 Å². The first-order valence-electron chi connectivity index (χ1n) is 5.64. The molecule has 1 amide bonds. The minimum absolute atomic E-state index is 0.132. The molecule has 1 aromatic rings. The molecule has 100 valence electrons. The first kappa shape index (κ1) is 14.5. The number of benzene rings is 1. The molecule has 0 saturated carbocycles. The van der Waals surface area contributed by atoms with Crippen LogP contribution >= 0.6 is 0 Å². The van der Waals surface area contributed by atoms with Gasteiger partial charge < -0.3 is 5.32 Å². The number of sulfonamides is 1. The summed E-state index contributed by atoms with van der Waals surface area (Å²) in [7, 11) is -3.36. The van der Waals surface area contributed by atoms with Crippen molar-refractivity contribution in [1.29, 1.82) is 0 Å². The van der Waals surface area contributed by atoms with Crippen molar-refractivity contribution in [1.82, 2.24) is 0 Å². The average Bonchev–Trinajstić information content (AvgIpc) is 2.17. The van der Waals surface area contributed by atoms with Crippen LogP contribution in [0.1, 0.15) is 20.3 Å². The SMILES string of the molecule is CC(C)CC(=O)Nc1ccccc1NS(C)(=O)=O. The van der Waals surface area contributed by atoms with E-state index in [1.54, 1.807) is 24.3 Å². The van der Waals surface area contributed by atoms with Gasteiger partial charge in [-0.15, -0.1) is 0 Å². The van der Waals surface area contributed by atoms with E-state index in [4.69, 9.17) is 0 Å². The van der Waals surface area contributed by atoms with Gasteiger partial charge in [0.05, 0.1) is 17.6 Å². The lowest BCUT2D eigenvalue weighted by Gasteiger charge is -2.12. The maximum atomic E-state index is 11.7. The molecule has 0 fully saturated rings. The Hall–Kier alpha value is -1.56. The lowest BCUT2D eigenvalue weighted by Crippen LogP contribution is -2.17. The molecule has 0 aliphatic heterocycles. The van der Waals surface area contributed by atoms with Gasteiger partial charge in [0.2, 0.25) is 15.9 Å². The Kier molecular flexibility index (Phi) is 4.72. The molecule has 0 radical (unpaired) electrons. The highest BCUT2D eigenvalue weighted by molar-refractivity contribution is 7.92. The lowest BCUT2D eigenvalue weighted by molar-refractivity contribution is -0.116. The Labute approximate surface area is 108 Å². The quantitative estimate of drug-likeness (QED) is 0.859. The molecular weight excluding hydrogens is 252 g/mol. The molecule has 0 aliphatic rings. The third kappa shape index (κ3) is 5.18. The Morgan fingerprint density at radius 2 is 1.78 bits per heavy atom. The van der Waals surface area contributed by atoms with Gasteiger partial charge in [-0.3, -0.25) is 9.52 Å². The molecule has 0 spiro atoms. The van der Waals surface area contributed by atoms with Gasteiger partial charge in [0.15, 0.2) is 0 Å². The summed E-state index contributed by atoms with van der Waals surface area (Å²) in [6, 6.07) is 6.70. The zero-order valence-corrected chi connectivity index (χ0v) is 11.5. The van der Waals surface area contributed by atoms with E-state index in [-0.39, 0.29) is 11.8 Å².